The minimum absolute atomic E-state index is 0.0736. The molecule has 1 N–H and O–H groups in total. The minimum Gasteiger partial charge on any atom is -0.494 e. The second-order valence-corrected chi connectivity index (χ2v) is 7.58. The molecule has 0 spiro atoms. The van der Waals surface area contributed by atoms with Crippen molar-refractivity contribution in [2.24, 2.45) is 7.05 Å². The van der Waals surface area contributed by atoms with Gasteiger partial charge in [-0.1, -0.05) is 25.1 Å². The lowest BCUT2D eigenvalue weighted by atomic mass is 10.2. The smallest absolute Gasteiger partial charge is 0.329 e. The van der Waals surface area contributed by atoms with E-state index < -0.39 is 0 Å². The first-order valence-corrected chi connectivity index (χ1v) is 10.8. The zero-order valence-electron chi connectivity index (χ0n) is 18.7. The van der Waals surface area contributed by atoms with E-state index in [0.29, 0.717) is 18.2 Å². The van der Waals surface area contributed by atoms with Crippen LogP contribution in [0.1, 0.15) is 18.9 Å². The van der Waals surface area contributed by atoms with Crippen molar-refractivity contribution in [3.63, 3.8) is 0 Å². The Bertz CT molecular complexity index is 1310. The van der Waals surface area contributed by atoms with Gasteiger partial charge in [-0.2, -0.15) is 0 Å². The number of ether oxygens (including phenoxy) is 2. The number of hydrogen-bond donors (Lipinski definition) is 1. The molecular weight excluding hydrogens is 420 g/mol. The van der Waals surface area contributed by atoms with E-state index in [2.05, 4.69) is 17.2 Å². The number of aromatic nitrogens is 3. The Morgan fingerprint density at radius 3 is 2.48 bits per heavy atom. The van der Waals surface area contributed by atoms with Crippen molar-refractivity contribution in [3.05, 3.63) is 82.9 Å². The molecule has 2 aromatic heterocycles. The van der Waals surface area contributed by atoms with Crippen LogP contribution in [0.2, 0.25) is 0 Å². The molecule has 2 heterocycles. The van der Waals surface area contributed by atoms with Gasteiger partial charge >= 0.3 is 5.69 Å². The fourth-order valence-electron chi connectivity index (χ4n) is 3.50. The first-order chi connectivity index (χ1) is 16.1. The van der Waals surface area contributed by atoms with Crippen molar-refractivity contribution in [1.29, 1.82) is 0 Å². The van der Waals surface area contributed by atoms with Crippen molar-refractivity contribution in [2.75, 3.05) is 6.61 Å². The second kappa shape index (κ2) is 10.0. The highest BCUT2D eigenvalue weighted by Crippen LogP contribution is 2.25. The number of carbonyl (C=O) groups excluding carboxylic acids is 1. The van der Waals surface area contributed by atoms with E-state index in [1.807, 2.05) is 54.6 Å². The van der Waals surface area contributed by atoms with Crippen LogP contribution < -0.4 is 20.5 Å². The molecule has 33 heavy (non-hydrogen) atoms. The summed E-state index contributed by atoms with van der Waals surface area (Å²) < 4.78 is 14.5. The van der Waals surface area contributed by atoms with Crippen molar-refractivity contribution < 1.29 is 14.3 Å². The van der Waals surface area contributed by atoms with Crippen LogP contribution in [-0.4, -0.2) is 26.6 Å². The number of fused-ring (bicyclic) bond motifs is 1. The summed E-state index contributed by atoms with van der Waals surface area (Å²) in [7, 11) is 1.70. The molecule has 4 rings (SSSR count). The zero-order valence-corrected chi connectivity index (χ0v) is 18.7. The van der Waals surface area contributed by atoms with Gasteiger partial charge in [-0.25, -0.2) is 9.78 Å². The monoisotopic (exact) mass is 446 g/mol. The molecule has 8 nitrogen and oxygen atoms in total. The van der Waals surface area contributed by atoms with Crippen LogP contribution in [0.5, 0.6) is 17.4 Å². The Kier molecular flexibility index (Phi) is 6.73. The van der Waals surface area contributed by atoms with Gasteiger partial charge in [-0.05, 0) is 48.9 Å². The maximum absolute atomic E-state index is 12.6. The van der Waals surface area contributed by atoms with Gasteiger partial charge in [-0.3, -0.25) is 13.9 Å². The topological polar surface area (TPSA) is 87.4 Å². The van der Waals surface area contributed by atoms with Crippen molar-refractivity contribution in [2.45, 2.75) is 26.4 Å². The normalized spacial score (nSPS) is 10.8. The lowest BCUT2D eigenvalue weighted by Crippen LogP contribution is -2.32. The van der Waals surface area contributed by atoms with E-state index in [9.17, 15) is 9.59 Å². The number of carbonyl (C=O) groups is 1. The van der Waals surface area contributed by atoms with Gasteiger partial charge in [0, 0.05) is 25.4 Å². The first-order valence-electron chi connectivity index (χ1n) is 10.8. The van der Waals surface area contributed by atoms with Gasteiger partial charge in [-0.15, -0.1) is 0 Å². The highest BCUT2D eigenvalue weighted by Gasteiger charge is 2.14. The number of pyridine rings is 1. The molecule has 4 aromatic rings. The molecular formula is C25H26N4O4. The lowest BCUT2D eigenvalue weighted by molar-refractivity contribution is -0.121. The van der Waals surface area contributed by atoms with Gasteiger partial charge in [0.05, 0.1) is 17.6 Å². The molecule has 1 amide bonds. The van der Waals surface area contributed by atoms with Gasteiger partial charge in [0.2, 0.25) is 11.8 Å². The molecule has 0 aliphatic rings. The molecule has 0 saturated heterocycles. The molecule has 0 fully saturated rings. The third kappa shape index (κ3) is 5.06. The van der Waals surface area contributed by atoms with Crippen LogP contribution in [0.15, 0.2) is 71.7 Å². The number of para-hydroxylation sites is 2. The van der Waals surface area contributed by atoms with E-state index >= 15 is 0 Å². The van der Waals surface area contributed by atoms with E-state index in [1.165, 1.54) is 9.13 Å². The number of nitrogens with one attached hydrogen (secondary N) is 1. The molecule has 0 radical (unpaired) electrons. The summed E-state index contributed by atoms with van der Waals surface area (Å²) in [5, 5.41) is 2.86. The van der Waals surface area contributed by atoms with Crippen LogP contribution in [0.4, 0.5) is 0 Å². The maximum Gasteiger partial charge on any atom is 0.329 e. The predicted octanol–water partition coefficient (Wildman–Crippen LogP) is 3.63. The molecule has 0 atom stereocenters. The molecule has 170 valence electrons. The molecule has 8 heteroatoms. The number of benzene rings is 2. The van der Waals surface area contributed by atoms with Gasteiger partial charge < -0.3 is 14.8 Å². The quantitative estimate of drug-likeness (QED) is 0.424. The fourth-order valence-corrected chi connectivity index (χ4v) is 3.50. The summed E-state index contributed by atoms with van der Waals surface area (Å²) in [6.07, 6.45) is 2.57. The summed E-state index contributed by atoms with van der Waals surface area (Å²) in [6, 6.07) is 18.3. The number of nitrogens with zero attached hydrogens (tertiary/aromatic N) is 3. The first kappa shape index (κ1) is 22.1. The Morgan fingerprint density at radius 1 is 1.00 bits per heavy atom. The Hall–Kier alpha value is -4.07. The summed E-state index contributed by atoms with van der Waals surface area (Å²) in [6.45, 7) is 2.86. The molecule has 0 aliphatic carbocycles. The molecule has 0 aliphatic heterocycles. The number of amides is 1. The number of aryl methyl sites for hydroxylation is 1. The number of hydrogen-bond acceptors (Lipinski definition) is 5. The Labute approximate surface area is 191 Å². The van der Waals surface area contributed by atoms with Crippen LogP contribution in [0, 0.1) is 0 Å². The van der Waals surface area contributed by atoms with E-state index in [4.69, 9.17) is 9.47 Å². The van der Waals surface area contributed by atoms with Gasteiger partial charge in [0.1, 0.15) is 18.0 Å². The van der Waals surface area contributed by atoms with E-state index in [0.717, 1.165) is 28.8 Å². The third-order valence-corrected chi connectivity index (χ3v) is 5.19. The number of rotatable bonds is 9. The van der Waals surface area contributed by atoms with Crippen LogP contribution in [-0.2, 0) is 24.9 Å². The molecule has 0 unspecified atom stereocenters. The van der Waals surface area contributed by atoms with Crippen molar-refractivity contribution in [3.8, 4) is 17.4 Å². The molecule has 0 saturated carbocycles. The predicted molar refractivity (Wildman–Crippen MR) is 126 cm³/mol. The van der Waals surface area contributed by atoms with Crippen LogP contribution >= 0.6 is 0 Å². The lowest BCUT2D eigenvalue weighted by Gasteiger charge is -2.12. The number of imidazole rings is 1. The van der Waals surface area contributed by atoms with E-state index in [1.54, 1.807) is 19.3 Å². The summed E-state index contributed by atoms with van der Waals surface area (Å²) in [4.78, 5) is 29.5. The van der Waals surface area contributed by atoms with E-state index in [-0.39, 0.29) is 24.7 Å². The SMILES string of the molecule is CCCOc1ccc(Oc2ncccc2CNC(=O)Cn2c(=O)n(C)c3ccccc32)cc1. The zero-order chi connectivity index (χ0) is 23.2. The molecule has 2 aromatic carbocycles. The van der Waals surface area contributed by atoms with Gasteiger partial charge in [0.15, 0.2) is 0 Å². The van der Waals surface area contributed by atoms with Crippen molar-refractivity contribution in [1.82, 2.24) is 19.4 Å². The highest BCUT2D eigenvalue weighted by molar-refractivity contribution is 5.80. The van der Waals surface area contributed by atoms with Gasteiger partial charge in [0.25, 0.3) is 0 Å². The minimum atomic E-state index is -0.277. The second-order valence-electron chi connectivity index (χ2n) is 7.58. The largest absolute Gasteiger partial charge is 0.494 e. The Morgan fingerprint density at radius 2 is 1.73 bits per heavy atom. The average Bonchev–Trinajstić information content (AvgIpc) is 3.08. The maximum atomic E-state index is 12.6. The Balaban J connectivity index is 1.42. The average molecular weight is 447 g/mol. The summed E-state index contributed by atoms with van der Waals surface area (Å²) in [5.74, 6) is 1.52. The standard InChI is InChI=1S/C25H26N4O4/c1-3-15-32-19-10-12-20(13-11-19)33-24-18(7-6-14-26-24)16-27-23(30)17-29-22-9-5-4-8-21(22)28(2)25(29)31/h4-14H,3,15-17H2,1-2H3,(H,27,30). The van der Waals surface area contributed by atoms with Crippen LogP contribution in [0.3, 0.4) is 0 Å². The summed E-state index contributed by atoms with van der Waals surface area (Å²) in [5.41, 5.74) is 1.99. The fraction of sp³-hybridized carbons (Fsp3) is 0.240. The third-order valence-electron chi connectivity index (χ3n) is 5.19. The summed E-state index contributed by atoms with van der Waals surface area (Å²) >= 11 is 0. The van der Waals surface area contributed by atoms with Crippen LogP contribution in [0.25, 0.3) is 11.0 Å². The molecule has 0 bridgehead atoms. The highest BCUT2D eigenvalue weighted by atomic mass is 16.5. The van der Waals surface area contributed by atoms with Crippen molar-refractivity contribution >= 4 is 16.9 Å².